The van der Waals surface area contributed by atoms with Crippen molar-refractivity contribution in [1.29, 1.82) is 0 Å². The second-order valence-corrected chi connectivity index (χ2v) is 6.38. The SMILES string of the molecule is CC1(C(=O)N2CCCC(CCCl)C2)CCCC1. The molecule has 1 unspecified atom stereocenters. The molecule has 1 aliphatic carbocycles. The number of hydrogen-bond donors (Lipinski definition) is 0. The normalized spacial score (nSPS) is 28.4. The third-order valence-electron chi connectivity index (χ3n) is 4.55. The molecule has 2 rings (SSSR count). The summed E-state index contributed by atoms with van der Waals surface area (Å²) in [6.07, 6.45) is 8.08. The van der Waals surface area contributed by atoms with Gasteiger partial charge in [0.15, 0.2) is 0 Å². The topological polar surface area (TPSA) is 20.3 Å². The zero-order valence-corrected chi connectivity index (χ0v) is 11.6. The number of rotatable bonds is 3. The summed E-state index contributed by atoms with van der Waals surface area (Å²) in [6, 6.07) is 0. The summed E-state index contributed by atoms with van der Waals surface area (Å²) in [6.45, 7) is 4.07. The Balaban J connectivity index is 1.94. The van der Waals surface area contributed by atoms with E-state index in [4.69, 9.17) is 11.6 Å². The zero-order valence-electron chi connectivity index (χ0n) is 10.9. The molecule has 0 aromatic heterocycles. The number of carbonyl (C=O) groups is 1. The maximum absolute atomic E-state index is 12.6. The highest BCUT2D eigenvalue weighted by Crippen LogP contribution is 2.40. The maximum atomic E-state index is 12.6. The van der Waals surface area contributed by atoms with Gasteiger partial charge in [-0.2, -0.15) is 0 Å². The van der Waals surface area contributed by atoms with Crippen molar-refractivity contribution in [2.45, 2.75) is 51.9 Å². The molecule has 0 aromatic rings. The van der Waals surface area contributed by atoms with Gasteiger partial charge in [-0.25, -0.2) is 0 Å². The molecule has 17 heavy (non-hydrogen) atoms. The largest absolute Gasteiger partial charge is 0.342 e. The van der Waals surface area contributed by atoms with Crippen LogP contribution in [0.3, 0.4) is 0 Å². The number of piperidine rings is 1. The molecule has 2 nitrogen and oxygen atoms in total. The number of hydrogen-bond acceptors (Lipinski definition) is 1. The molecule has 1 amide bonds. The first-order chi connectivity index (χ1) is 8.15. The Labute approximate surface area is 110 Å². The number of halogens is 1. The summed E-state index contributed by atoms with van der Waals surface area (Å²) in [5.41, 5.74) is -0.0527. The van der Waals surface area contributed by atoms with Crippen LogP contribution >= 0.6 is 11.6 Å². The molecule has 0 radical (unpaired) electrons. The van der Waals surface area contributed by atoms with Crippen molar-refractivity contribution in [3.8, 4) is 0 Å². The number of carbonyl (C=O) groups excluding carboxylic acids is 1. The van der Waals surface area contributed by atoms with Crippen molar-refractivity contribution in [1.82, 2.24) is 4.90 Å². The minimum Gasteiger partial charge on any atom is -0.342 e. The molecule has 0 bridgehead atoms. The molecule has 1 heterocycles. The van der Waals surface area contributed by atoms with Crippen molar-refractivity contribution in [2.75, 3.05) is 19.0 Å². The fraction of sp³-hybridized carbons (Fsp3) is 0.929. The van der Waals surface area contributed by atoms with Crippen molar-refractivity contribution >= 4 is 17.5 Å². The molecule has 3 heteroatoms. The molecule has 1 atom stereocenters. The first kappa shape index (κ1) is 13.2. The van der Waals surface area contributed by atoms with Gasteiger partial charge in [0.05, 0.1) is 0 Å². The monoisotopic (exact) mass is 257 g/mol. The van der Waals surface area contributed by atoms with Crippen LogP contribution < -0.4 is 0 Å². The minimum atomic E-state index is -0.0527. The number of amides is 1. The highest BCUT2D eigenvalue weighted by atomic mass is 35.5. The van der Waals surface area contributed by atoms with E-state index in [1.165, 1.54) is 19.3 Å². The van der Waals surface area contributed by atoms with Gasteiger partial charge in [0.2, 0.25) is 5.91 Å². The molecule has 2 fully saturated rings. The van der Waals surface area contributed by atoms with Gasteiger partial charge < -0.3 is 4.90 Å². The van der Waals surface area contributed by atoms with Gasteiger partial charge in [-0.1, -0.05) is 19.8 Å². The molecule has 98 valence electrons. The summed E-state index contributed by atoms with van der Waals surface area (Å²) in [7, 11) is 0. The molecule has 0 N–H and O–H groups in total. The second-order valence-electron chi connectivity index (χ2n) is 6.00. The van der Waals surface area contributed by atoms with Crippen LogP contribution in [-0.2, 0) is 4.79 Å². The standard InChI is InChI=1S/C14H24ClNO/c1-14(7-2-3-8-14)13(17)16-10-4-5-12(11-16)6-9-15/h12H,2-11H2,1H3. The van der Waals surface area contributed by atoms with E-state index in [-0.39, 0.29) is 5.41 Å². The van der Waals surface area contributed by atoms with E-state index in [9.17, 15) is 4.79 Å². The average Bonchev–Trinajstić information content (AvgIpc) is 2.77. The molecule has 1 saturated carbocycles. The fourth-order valence-electron chi connectivity index (χ4n) is 3.39. The van der Waals surface area contributed by atoms with Crippen LogP contribution in [0.1, 0.15) is 51.9 Å². The third-order valence-corrected chi connectivity index (χ3v) is 4.77. The van der Waals surface area contributed by atoms with E-state index in [1.807, 2.05) is 0 Å². The highest BCUT2D eigenvalue weighted by molar-refractivity contribution is 6.17. The Kier molecular flexibility index (Phi) is 4.35. The Morgan fingerprint density at radius 2 is 2.06 bits per heavy atom. The summed E-state index contributed by atoms with van der Waals surface area (Å²) in [4.78, 5) is 14.7. The highest BCUT2D eigenvalue weighted by Gasteiger charge is 2.40. The lowest BCUT2D eigenvalue weighted by molar-refractivity contribution is -0.142. The van der Waals surface area contributed by atoms with E-state index < -0.39 is 0 Å². The minimum absolute atomic E-state index is 0.0527. The van der Waals surface area contributed by atoms with Gasteiger partial charge in [0.1, 0.15) is 0 Å². The maximum Gasteiger partial charge on any atom is 0.228 e. The van der Waals surface area contributed by atoms with E-state index in [1.54, 1.807) is 0 Å². The van der Waals surface area contributed by atoms with Gasteiger partial charge >= 0.3 is 0 Å². The van der Waals surface area contributed by atoms with E-state index >= 15 is 0 Å². The molecule has 0 spiro atoms. The van der Waals surface area contributed by atoms with E-state index in [2.05, 4.69) is 11.8 Å². The average molecular weight is 258 g/mol. The fourth-order valence-corrected chi connectivity index (χ4v) is 3.70. The van der Waals surface area contributed by atoms with Crippen LogP contribution in [0.5, 0.6) is 0 Å². The predicted molar refractivity (Wildman–Crippen MR) is 71.2 cm³/mol. The van der Waals surface area contributed by atoms with Crippen LogP contribution in [0.25, 0.3) is 0 Å². The Bertz CT molecular complexity index is 271. The van der Waals surface area contributed by atoms with Crippen LogP contribution in [0.2, 0.25) is 0 Å². The Hall–Kier alpha value is -0.240. The van der Waals surface area contributed by atoms with E-state index in [0.717, 1.165) is 44.7 Å². The molecule has 2 aliphatic rings. The summed E-state index contributed by atoms with van der Waals surface area (Å²) in [5, 5.41) is 0. The summed E-state index contributed by atoms with van der Waals surface area (Å²) < 4.78 is 0. The lowest BCUT2D eigenvalue weighted by Crippen LogP contribution is -2.46. The zero-order chi connectivity index (χ0) is 12.3. The first-order valence-corrected chi connectivity index (χ1v) is 7.54. The van der Waals surface area contributed by atoms with Crippen LogP contribution in [0.15, 0.2) is 0 Å². The molecule has 1 aliphatic heterocycles. The summed E-state index contributed by atoms with van der Waals surface area (Å²) >= 11 is 5.81. The van der Waals surface area contributed by atoms with E-state index in [0.29, 0.717) is 11.8 Å². The Morgan fingerprint density at radius 1 is 1.35 bits per heavy atom. The molecule has 1 saturated heterocycles. The Morgan fingerprint density at radius 3 is 2.71 bits per heavy atom. The second kappa shape index (κ2) is 5.60. The van der Waals surface area contributed by atoms with Crippen LogP contribution in [0, 0.1) is 11.3 Å². The quantitative estimate of drug-likeness (QED) is 0.710. The number of nitrogens with zero attached hydrogens (tertiary/aromatic N) is 1. The molecular formula is C14H24ClNO. The number of alkyl halides is 1. The third kappa shape index (κ3) is 2.96. The predicted octanol–water partition coefficient (Wildman–Crippen LogP) is 3.43. The molecule has 0 aromatic carbocycles. The van der Waals surface area contributed by atoms with Gasteiger partial charge in [0.25, 0.3) is 0 Å². The lowest BCUT2D eigenvalue weighted by atomic mass is 9.85. The van der Waals surface area contributed by atoms with Crippen LogP contribution in [0.4, 0.5) is 0 Å². The van der Waals surface area contributed by atoms with Crippen molar-refractivity contribution in [2.24, 2.45) is 11.3 Å². The summed E-state index contributed by atoms with van der Waals surface area (Å²) in [5.74, 6) is 1.77. The van der Waals surface area contributed by atoms with Crippen molar-refractivity contribution in [3.63, 3.8) is 0 Å². The van der Waals surface area contributed by atoms with Gasteiger partial charge in [-0.05, 0) is 38.0 Å². The van der Waals surface area contributed by atoms with Crippen molar-refractivity contribution < 1.29 is 4.79 Å². The van der Waals surface area contributed by atoms with Crippen LogP contribution in [-0.4, -0.2) is 29.8 Å². The van der Waals surface area contributed by atoms with Gasteiger partial charge in [-0.15, -0.1) is 11.6 Å². The van der Waals surface area contributed by atoms with Gasteiger partial charge in [0, 0.05) is 24.4 Å². The van der Waals surface area contributed by atoms with Gasteiger partial charge in [-0.3, -0.25) is 4.79 Å². The smallest absolute Gasteiger partial charge is 0.228 e. The lowest BCUT2D eigenvalue weighted by Gasteiger charge is -2.37. The van der Waals surface area contributed by atoms with Crippen molar-refractivity contribution in [3.05, 3.63) is 0 Å². The number of likely N-dealkylation sites (tertiary alicyclic amines) is 1. The molecular weight excluding hydrogens is 234 g/mol. The first-order valence-electron chi connectivity index (χ1n) is 7.01.